The summed E-state index contributed by atoms with van der Waals surface area (Å²) in [6.07, 6.45) is 3.73. The largest absolute Gasteiger partial charge is 0.496 e. The molecule has 1 fully saturated rings. The summed E-state index contributed by atoms with van der Waals surface area (Å²) < 4.78 is 5.56. The van der Waals surface area contributed by atoms with Crippen molar-refractivity contribution in [3.63, 3.8) is 0 Å². The van der Waals surface area contributed by atoms with Gasteiger partial charge in [-0.15, -0.1) is 0 Å². The van der Waals surface area contributed by atoms with Gasteiger partial charge in [-0.3, -0.25) is 4.90 Å². The number of methoxy groups -OCH3 is 1. The Balaban J connectivity index is 1.97. The SMILES string of the molecule is CCCN1C[C@@H](C)[C@H]2c3cccc(OC)c3CC[C@H]21. The van der Waals surface area contributed by atoms with Crippen molar-refractivity contribution in [3.05, 3.63) is 29.3 Å². The summed E-state index contributed by atoms with van der Waals surface area (Å²) in [6.45, 7) is 7.23. The van der Waals surface area contributed by atoms with Crippen LogP contribution in [0.2, 0.25) is 0 Å². The third-order valence-corrected chi connectivity index (χ3v) is 4.97. The molecule has 1 aromatic carbocycles. The second kappa shape index (κ2) is 5.16. The van der Waals surface area contributed by atoms with Crippen LogP contribution >= 0.6 is 0 Å². The maximum absolute atomic E-state index is 5.56. The van der Waals surface area contributed by atoms with Gasteiger partial charge in [0.1, 0.15) is 5.75 Å². The van der Waals surface area contributed by atoms with Gasteiger partial charge in [0, 0.05) is 18.5 Å². The zero-order valence-electron chi connectivity index (χ0n) is 12.4. The van der Waals surface area contributed by atoms with Crippen LogP contribution in [-0.2, 0) is 6.42 Å². The van der Waals surface area contributed by atoms with Gasteiger partial charge in [0.2, 0.25) is 0 Å². The molecule has 3 atom stereocenters. The second-order valence-corrected chi connectivity index (χ2v) is 6.13. The first kappa shape index (κ1) is 13.0. The van der Waals surface area contributed by atoms with Crippen LogP contribution in [0.5, 0.6) is 5.75 Å². The van der Waals surface area contributed by atoms with Crippen LogP contribution in [0, 0.1) is 5.92 Å². The number of hydrogen-bond donors (Lipinski definition) is 0. The first-order valence-corrected chi connectivity index (χ1v) is 7.66. The Morgan fingerprint density at radius 1 is 1.37 bits per heavy atom. The molecule has 1 aromatic rings. The van der Waals surface area contributed by atoms with Gasteiger partial charge in [-0.05, 0) is 48.9 Å². The second-order valence-electron chi connectivity index (χ2n) is 6.13. The van der Waals surface area contributed by atoms with Gasteiger partial charge < -0.3 is 4.74 Å². The van der Waals surface area contributed by atoms with Crippen LogP contribution in [-0.4, -0.2) is 31.1 Å². The predicted molar refractivity (Wildman–Crippen MR) is 78.9 cm³/mol. The molecule has 2 aliphatic rings. The molecule has 1 aliphatic carbocycles. The summed E-state index contributed by atoms with van der Waals surface area (Å²) in [5.41, 5.74) is 3.03. The highest BCUT2D eigenvalue weighted by atomic mass is 16.5. The fraction of sp³-hybridized carbons (Fsp3) is 0.647. The molecule has 0 N–H and O–H groups in total. The standard InChI is InChI=1S/C17H25NO/c1-4-10-18-11-12(2)17-14-6-5-7-16(19-3)13(14)8-9-15(17)18/h5-7,12,15,17H,4,8-11H2,1-3H3/t12-,15-,17+/m1/s1. The Morgan fingerprint density at radius 2 is 2.21 bits per heavy atom. The molecule has 0 radical (unpaired) electrons. The zero-order chi connectivity index (χ0) is 13.4. The van der Waals surface area contributed by atoms with Crippen molar-refractivity contribution in [1.82, 2.24) is 4.90 Å². The molecule has 0 bridgehead atoms. The van der Waals surface area contributed by atoms with Crippen LogP contribution in [0.15, 0.2) is 18.2 Å². The predicted octanol–water partition coefficient (Wildman–Crippen LogP) is 3.46. The molecule has 104 valence electrons. The Kier molecular flexibility index (Phi) is 3.53. The minimum absolute atomic E-state index is 0.713. The van der Waals surface area contributed by atoms with E-state index in [0.29, 0.717) is 5.92 Å². The van der Waals surface area contributed by atoms with Gasteiger partial charge in [0.05, 0.1) is 7.11 Å². The van der Waals surface area contributed by atoms with Gasteiger partial charge in [0.15, 0.2) is 0 Å². The minimum Gasteiger partial charge on any atom is -0.496 e. The molecule has 1 heterocycles. The zero-order valence-corrected chi connectivity index (χ0v) is 12.4. The van der Waals surface area contributed by atoms with Crippen molar-refractivity contribution in [2.45, 2.75) is 45.1 Å². The summed E-state index contributed by atoms with van der Waals surface area (Å²) in [5.74, 6) is 2.57. The van der Waals surface area contributed by atoms with E-state index in [1.165, 1.54) is 37.9 Å². The third kappa shape index (κ3) is 2.06. The lowest BCUT2D eigenvalue weighted by Crippen LogP contribution is -2.35. The number of nitrogens with zero attached hydrogens (tertiary/aromatic N) is 1. The third-order valence-electron chi connectivity index (χ3n) is 4.97. The van der Waals surface area contributed by atoms with Gasteiger partial charge >= 0.3 is 0 Å². The highest BCUT2D eigenvalue weighted by Gasteiger charge is 2.43. The lowest BCUT2D eigenvalue weighted by Gasteiger charge is -2.34. The Labute approximate surface area is 116 Å². The van der Waals surface area contributed by atoms with E-state index in [1.807, 2.05) is 0 Å². The van der Waals surface area contributed by atoms with Crippen LogP contribution in [0.1, 0.15) is 43.7 Å². The molecule has 19 heavy (non-hydrogen) atoms. The number of fused-ring (bicyclic) bond motifs is 3. The van der Waals surface area contributed by atoms with Crippen molar-refractivity contribution in [3.8, 4) is 5.75 Å². The first-order valence-electron chi connectivity index (χ1n) is 7.66. The number of hydrogen-bond acceptors (Lipinski definition) is 2. The minimum atomic E-state index is 0.713. The van der Waals surface area contributed by atoms with Gasteiger partial charge in [0.25, 0.3) is 0 Å². The number of rotatable bonds is 3. The molecular formula is C17H25NO. The lowest BCUT2D eigenvalue weighted by molar-refractivity contribution is 0.226. The van der Waals surface area contributed by atoms with E-state index in [4.69, 9.17) is 4.74 Å². The number of benzene rings is 1. The van der Waals surface area contributed by atoms with E-state index < -0.39 is 0 Å². The molecular weight excluding hydrogens is 234 g/mol. The molecule has 1 saturated heterocycles. The van der Waals surface area contributed by atoms with E-state index in [2.05, 4.69) is 36.9 Å². The van der Waals surface area contributed by atoms with Crippen molar-refractivity contribution in [2.75, 3.05) is 20.2 Å². The molecule has 0 aromatic heterocycles. The molecule has 2 heteroatoms. The topological polar surface area (TPSA) is 12.5 Å². The van der Waals surface area contributed by atoms with Crippen LogP contribution in [0.25, 0.3) is 0 Å². The van der Waals surface area contributed by atoms with Crippen LogP contribution in [0.3, 0.4) is 0 Å². The Hall–Kier alpha value is -1.02. The highest BCUT2D eigenvalue weighted by molar-refractivity contribution is 5.45. The molecule has 0 unspecified atom stereocenters. The summed E-state index contributed by atoms with van der Waals surface area (Å²) in [7, 11) is 1.79. The van der Waals surface area contributed by atoms with Crippen molar-refractivity contribution in [1.29, 1.82) is 0 Å². The Morgan fingerprint density at radius 3 is 2.95 bits per heavy atom. The first-order chi connectivity index (χ1) is 9.26. The van der Waals surface area contributed by atoms with Crippen molar-refractivity contribution < 1.29 is 4.74 Å². The average molecular weight is 259 g/mol. The monoisotopic (exact) mass is 259 g/mol. The molecule has 0 saturated carbocycles. The quantitative estimate of drug-likeness (QED) is 0.824. The summed E-state index contributed by atoms with van der Waals surface area (Å²) in [4.78, 5) is 2.72. The Bertz CT molecular complexity index is 457. The normalized spacial score (nSPS) is 29.9. The molecule has 0 spiro atoms. The van der Waals surface area contributed by atoms with Gasteiger partial charge in [-0.1, -0.05) is 26.0 Å². The summed E-state index contributed by atoms with van der Waals surface area (Å²) in [5, 5.41) is 0. The van der Waals surface area contributed by atoms with E-state index in [1.54, 1.807) is 12.7 Å². The fourth-order valence-electron chi connectivity index (χ4n) is 4.29. The van der Waals surface area contributed by atoms with E-state index in [-0.39, 0.29) is 0 Å². The molecule has 2 nitrogen and oxygen atoms in total. The van der Waals surface area contributed by atoms with Gasteiger partial charge in [-0.2, -0.15) is 0 Å². The maximum atomic E-state index is 5.56. The maximum Gasteiger partial charge on any atom is 0.122 e. The van der Waals surface area contributed by atoms with Crippen LogP contribution < -0.4 is 4.74 Å². The molecule has 3 rings (SSSR count). The number of ether oxygens (including phenoxy) is 1. The highest BCUT2D eigenvalue weighted by Crippen LogP contribution is 2.46. The smallest absolute Gasteiger partial charge is 0.122 e. The van der Waals surface area contributed by atoms with Crippen molar-refractivity contribution >= 4 is 0 Å². The van der Waals surface area contributed by atoms with E-state index in [0.717, 1.165) is 17.7 Å². The van der Waals surface area contributed by atoms with E-state index >= 15 is 0 Å². The van der Waals surface area contributed by atoms with Crippen LogP contribution in [0.4, 0.5) is 0 Å². The molecule has 1 aliphatic heterocycles. The van der Waals surface area contributed by atoms with Gasteiger partial charge in [-0.25, -0.2) is 0 Å². The average Bonchev–Trinajstić information content (AvgIpc) is 2.75. The molecule has 0 amide bonds. The summed E-state index contributed by atoms with van der Waals surface area (Å²) in [6, 6.07) is 7.37. The lowest BCUT2D eigenvalue weighted by atomic mass is 9.75. The van der Waals surface area contributed by atoms with E-state index in [9.17, 15) is 0 Å². The number of likely N-dealkylation sites (tertiary alicyclic amines) is 1. The fourth-order valence-corrected chi connectivity index (χ4v) is 4.29. The van der Waals surface area contributed by atoms with Crippen molar-refractivity contribution in [2.24, 2.45) is 5.92 Å². The summed E-state index contributed by atoms with van der Waals surface area (Å²) >= 11 is 0.